The Hall–Kier alpha value is -2.06. The molecule has 8 heteroatoms. The Labute approximate surface area is 148 Å². The number of fused-ring (bicyclic) bond motifs is 1. The molecule has 0 saturated heterocycles. The first-order valence-electron chi connectivity index (χ1n) is 7.29. The van der Waals surface area contributed by atoms with Crippen LogP contribution >= 0.6 is 23.7 Å². The van der Waals surface area contributed by atoms with E-state index in [1.807, 2.05) is 24.3 Å². The van der Waals surface area contributed by atoms with Crippen LogP contribution in [0, 0.1) is 5.41 Å². The molecule has 0 radical (unpaired) electrons. The fourth-order valence-electron chi connectivity index (χ4n) is 2.16. The van der Waals surface area contributed by atoms with Gasteiger partial charge in [-0.05, 0) is 23.8 Å². The molecule has 2 heterocycles. The van der Waals surface area contributed by atoms with Crippen LogP contribution in [0.4, 0.5) is 0 Å². The lowest BCUT2D eigenvalue weighted by molar-refractivity contribution is -0.114. The first kappa shape index (κ1) is 16.8. The van der Waals surface area contributed by atoms with Crippen LogP contribution in [-0.4, -0.2) is 39.3 Å². The van der Waals surface area contributed by atoms with Crippen molar-refractivity contribution in [1.29, 1.82) is 5.41 Å². The van der Waals surface area contributed by atoms with E-state index in [0.29, 0.717) is 15.6 Å². The van der Waals surface area contributed by atoms with Crippen molar-refractivity contribution in [3.8, 4) is 5.75 Å². The third kappa shape index (κ3) is 3.25. The van der Waals surface area contributed by atoms with Crippen LogP contribution in [0.1, 0.15) is 19.4 Å². The van der Waals surface area contributed by atoms with Gasteiger partial charge in [-0.1, -0.05) is 37.7 Å². The molecule has 2 aliphatic rings. The highest BCUT2D eigenvalue weighted by atomic mass is 32.2. The number of carbonyl (C=O) groups is 1. The second-order valence-electron chi connectivity index (χ2n) is 5.35. The van der Waals surface area contributed by atoms with Crippen LogP contribution in [0.3, 0.4) is 0 Å². The molecule has 124 valence electrons. The molecule has 0 bridgehead atoms. The average Bonchev–Trinajstić information content (AvgIpc) is 2.94. The maximum atomic E-state index is 12.3. The zero-order valence-corrected chi connectivity index (χ0v) is 15.1. The maximum absolute atomic E-state index is 12.3. The zero-order chi connectivity index (χ0) is 17.3. The lowest BCUT2D eigenvalue weighted by Crippen LogP contribution is -2.41. The van der Waals surface area contributed by atoms with Gasteiger partial charge in [0.05, 0.1) is 24.6 Å². The van der Waals surface area contributed by atoms with Gasteiger partial charge < -0.3 is 4.74 Å². The molecule has 24 heavy (non-hydrogen) atoms. The van der Waals surface area contributed by atoms with E-state index in [1.54, 1.807) is 29.8 Å². The summed E-state index contributed by atoms with van der Waals surface area (Å²) in [5.74, 6) is 0.430. The molecule has 0 saturated carbocycles. The van der Waals surface area contributed by atoms with Crippen molar-refractivity contribution in [1.82, 2.24) is 4.90 Å². The number of hydrogen-bond acceptors (Lipinski definition) is 6. The summed E-state index contributed by atoms with van der Waals surface area (Å²) in [4.78, 5) is 18.0. The van der Waals surface area contributed by atoms with Gasteiger partial charge in [-0.2, -0.15) is 9.39 Å². The monoisotopic (exact) mass is 360 g/mol. The molecule has 1 amide bonds. The molecule has 1 aromatic carbocycles. The number of amidine groups is 3. The Morgan fingerprint density at radius 1 is 1.33 bits per heavy atom. The van der Waals surface area contributed by atoms with Gasteiger partial charge in [-0.3, -0.25) is 10.2 Å². The van der Waals surface area contributed by atoms with E-state index in [2.05, 4.69) is 23.2 Å². The average molecular weight is 360 g/mol. The molecule has 0 fully saturated rings. The molecule has 0 atom stereocenters. The summed E-state index contributed by atoms with van der Waals surface area (Å²) < 4.78 is 9.45. The van der Waals surface area contributed by atoms with Gasteiger partial charge in [0.1, 0.15) is 11.6 Å². The number of ether oxygens (including phenoxy) is 1. The molecular formula is C16H16N4O2S2. The van der Waals surface area contributed by atoms with E-state index in [4.69, 9.17) is 10.1 Å². The second kappa shape index (κ2) is 6.82. The number of rotatable bonds is 3. The molecule has 0 spiro atoms. The minimum Gasteiger partial charge on any atom is -0.497 e. The van der Waals surface area contributed by atoms with Gasteiger partial charge in [0.25, 0.3) is 5.91 Å². The lowest BCUT2D eigenvalue weighted by atomic mass is 10.1. The molecule has 0 unspecified atom stereocenters. The van der Waals surface area contributed by atoms with Crippen LogP contribution in [0.15, 0.2) is 39.2 Å². The first-order chi connectivity index (χ1) is 11.5. The minimum absolute atomic E-state index is 0.109. The van der Waals surface area contributed by atoms with Gasteiger partial charge in [-0.25, -0.2) is 4.90 Å². The number of hydrogen-bond donors (Lipinski definition) is 1. The number of thioether (sulfide) groups is 1. The SMILES string of the molecule is COc1ccc(/C=C2/C(=N)N3C(=NC2=O)SN=C3SC(C)C)cc1. The minimum atomic E-state index is -0.416. The first-order valence-corrected chi connectivity index (χ1v) is 8.94. The smallest absolute Gasteiger partial charge is 0.283 e. The van der Waals surface area contributed by atoms with Crippen LogP contribution in [0.2, 0.25) is 0 Å². The van der Waals surface area contributed by atoms with Crippen LogP contribution < -0.4 is 4.74 Å². The van der Waals surface area contributed by atoms with Crippen LogP contribution in [0.25, 0.3) is 6.08 Å². The third-order valence-electron chi connectivity index (χ3n) is 3.26. The molecule has 0 aromatic heterocycles. The number of aliphatic imine (C=N–C) groups is 1. The lowest BCUT2D eigenvalue weighted by Gasteiger charge is -2.25. The Morgan fingerprint density at radius 2 is 2.04 bits per heavy atom. The zero-order valence-electron chi connectivity index (χ0n) is 13.4. The van der Waals surface area contributed by atoms with Crippen molar-refractivity contribution in [2.75, 3.05) is 7.11 Å². The number of nitrogens with zero attached hydrogens (tertiary/aromatic N) is 3. The third-order valence-corrected chi connectivity index (χ3v) is 5.04. The van der Waals surface area contributed by atoms with Crippen molar-refractivity contribution < 1.29 is 9.53 Å². The molecule has 2 aliphatic heterocycles. The standard InChI is InChI=1S/C16H16N4O2S2/c1-9(2)23-16-19-24-15-18-14(21)12(13(17)20(15)16)8-10-4-6-11(22-3)7-5-10/h4-9,17H,1-3H3/b12-8-,17-13?. The van der Waals surface area contributed by atoms with E-state index in [9.17, 15) is 4.79 Å². The molecule has 1 aromatic rings. The van der Waals surface area contributed by atoms with E-state index < -0.39 is 5.91 Å². The normalized spacial score (nSPS) is 18.8. The molecule has 1 N–H and O–H groups in total. The largest absolute Gasteiger partial charge is 0.497 e. The summed E-state index contributed by atoms with van der Waals surface area (Å²) in [6.07, 6.45) is 1.67. The van der Waals surface area contributed by atoms with E-state index in [1.165, 1.54) is 0 Å². The van der Waals surface area contributed by atoms with Gasteiger partial charge in [0, 0.05) is 5.25 Å². The highest BCUT2D eigenvalue weighted by Crippen LogP contribution is 2.33. The summed E-state index contributed by atoms with van der Waals surface area (Å²) in [6, 6.07) is 7.29. The van der Waals surface area contributed by atoms with Crippen molar-refractivity contribution >= 4 is 51.9 Å². The summed E-state index contributed by atoms with van der Waals surface area (Å²) in [7, 11) is 1.60. The van der Waals surface area contributed by atoms with Gasteiger partial charge in [0.15, 0.2) is 5.17 Å². The quantitative estimate of drug-likeness (QED) is 0.660. The highest BCUT2D eigenvalue weighted by molar-refractivity contribution is 8.19. The predicted octanol–water partition coefficient (Wildman–Crippen LogP) is 3.41. The second-order valence-corrected chi connectivity index (χ2v) is 7.62. The van der Waals surface area contributed by atoms with Crippen molar-refractivity contribution in [2.24, 2.45) is 9.39 Å². The Kier molecular flexibility index (Phi) is 4.77. The molecule has 3 rings (SSSR count). The fraction of sp³-hybridized carbons (Fsp3) is 0.250. The Morgan fingerprint density at radius 3 is 2.67 bits per heavy atom. The van der Waals surface area contributed by atoms with Gasteiger partial charge in [0.2, 0.25) is 5.17 Å². The maximum Gasteiger partial charge on any atom is 0.283 e. The Bertz CT molecular complexity index is 782. The van der Waals surface area contributed by atoms with E-state index >= 15 is 0 Å². The number of nitrogens with one attached hydrogen (secondary N) is 1. The van der Waals surface area contributed by atoms with Crippen LogP contribution in [0.5, 0.6) is 5.75 Å². The summed E-state index contributed by atoms with van der Waals surface area (Å²) in [5, 5.41) is 9.88. The van der Waals surface area contributed by atoms with Gasteiger partial charge in [-0.15, -0.1) is 0 Å². The number of benzene rings is 1. The van der Waals surface area contributed by atoms with Crippen molar-refractivity contribution in [3.63, 3.8) is 0 Å². The van der Waals surface area contributed by atoms with Crippen molar-refractivity contribution in [2.45, 2.75) is 19.1 Å². The molecular weight excluding hydrogens is 344 g/mol. The molecule has 0 aliphatic carbocycles. The fourth-order valence-corrected chi connectivity index (χ4v) is 3.83. The summed E-state index contributed by atoms with van der Waals surface area (Å²) in [6.45, 7) is 4.11. The highest BCUT2D eigenvalue weighted by Gasteiger charge is 2.37. The predicted molar refractivity (Wildman–Crippen MR) is 101 cm³/mol. The van der Waals surface area contributed by atoms with Crippen LogP contribution in [-0.2, 0) is 4.79 Å². The topological polar surface area (TPSA) is 78.1 Å². The summed E-state index contributed by atoms with van der Waals surface area (Å²) in [5.41, 5.74) is 1.06. The molecule has 6 nitrogen and oxygen atoms in total. The number of carbonyl (C=O) groups excluding carboxylic acids is 1. The number of methoxy groups -OCH3 is 1. The summed E-state index contributed by atoms with van der Waals surface area (Å²) >= 11 is 2.68. The van der Waals surface area contributed by atoms with E-state index in [-0.39, 0.29) is 11.4 Å². The van der Waals surface area contributed by atoms with Crippen molar-refractivity contribution in [3.05, 3.63) is 35.4 Å². The Balaban J connectivity index is 1.92. The number of amides is 1. The van der Waals surface area contributed by atoms with E-state index in [0.717, 1.165) is 23.3 Å². The van der Waals surface area contributed by atoms with Gasteiger partial charge >= 0.3 is 0 Å².